The molecule has 0 saturated carbocycles. The van der Waals surface area contributed by atoms with Crippen LogP contribution >= 0.6 is 0 Å². The van der Waals surface area contributed by atoms with Crippen molar-refractivity contribution in [1.29, 1.82) is 0 Å². The van der Waals surface area contributed by atoms with Crippen LogP contribution in [0.25, 0.3) is 17.2 Å². The van der Waals surface area contributed by atoms with Crippen molar-refractivity contribution in [2.75, 3.05) is 18.1 Å². The van der Waals surface area contributed by atoms with E-state index in [-0.39, 0.29) is 6.61 Å². The van der Waals surface area contributed by atoms with Crippen LogP contribution in [-0.4, -0.2) is 26.1 Å². The third kappa shape index (κ3) is 6.01. The lowest BCUT2D eigenvalue weighted by atomic mass is 10.2. The number of aromatic nitrogens is 1. The fourth-order valence-corrected chi connectivity index (χ4v) is 3.84. The van der Waals surface area contributed by atoms with Crippen molar-refractivity contribution < 1.29 is 30.9 Å². The summed E-state index contributed by atoms with van der Waals surface area (Å²) in [6.07, 6.45) is 4.13. The van der Waals surface area contributed by atoms with E-state index < -0.39 is 10.4 Å². The van der Waals surface area contributed by atoms with Crippen LogP contribution in [0.2, 0.25) is 0 Å². The number of hydrogen-bond donors (Lipinski definition) is 0. The Balaban J connectivity index is 0.000000383. The third-order valence-corrected chi connectivity index (χ3v) is 5.39. The molecule has 0 aliphatic carbocycles. The second kappa shape index (κ2) is 10.7. The van der Waals surface area contributed by atoms with Crippen molar-refractivity contribution >= 4 is 33.3 Å². The predicted molar refractivity (Wildman–Crippen MR) is 125 cm³/mol. The molecule has 0 amide bonds. The molecule has 2 heterocycles. The van der Waals surface area contributed by atoms with Gasteiger partial charge in [0.2, 0.25) is 21.9 Å². The molecule has 0 radical (unpaired) electrons. The summed E-state index contributed by atoms with van der Waals surface area (Å²) < 4.78 is 46.3. The van der Waals surface area contributed by atoms with Crippen molar-refractivity contribution in [3.63, 3.8) is 0 Å². The Kier molecular flexibility index (Phi) is 7.91. The van der Waals surface area contributed by atoms with Gasteiger partial charge in [0.1, 0.15) is 6.54 Å². The van der Waals surface area contributed by atoms with Gasteiger partial charge in [0.15, 0.2) is 5.75 Å². The fraction of sp³-hybridized carbons (Fsp3) is 0.292. The predicted octanol–water partition coefficient (Wildman–Crippen LogP) is 4.39. The molecule has 8 nitrogen and oxygen atoms in total. The molecule has 0 unspecified atom stereocenters. The molecule has 3 aromatic rings. The minimum atomic E-state index is -4.42. The summed E-state index contributed by atoms with van der Waals surface area (Å²) in [5.74, 6) is 2.60. The number of oxazole rings is 1. The SMILES string of the molecule is CCN1/C(=C/C(C)=C/c2oc3ccccc3[n+]2CC)Oc2ccccc21.CCOS(=O)(=O)[O-]. The molecule has 0 spiro atoms. The summed E-state index contributed by atoms with van der Waals surface area (Å²) in [5, 5.41) is 0. The molecule has 0 N–H and O–H groups in total. The molecule has 0 fully saturated rings. The molecule has 1 aromatic heterocycles. The van der Waals surface area contributed by atoms with E-state index in [1.54, 1.807) is 0 Å². The monoisotopic (exact) mass is 472 g/mol. The molecule has 4 rings (SSSR count). The van der Waals surface area contributed by atoms with E-state index in [1.165, 1.54) is 6.92 Å². The van der Waals surface area contributed by atoms with E-state index in [1.807, 2.05) is 36.4 Å². The average molecular weight is 473 g/mol. The van der Waals surface area contributed by atoms with Crippen molar-refractivity contribution in [3.8, 4) is 5.75 Å². The summed E-state index contributed by atoms with van der Waals surface area (Å²) in [6, 6.07) is 16.2. The Hall–Kier alpha value is -3.14. The maximum absolute atomic E-state index is 9.45. The number of nitrogens with zero attached hydrogens (tertiary/aromatic N) is 2. The first-order chi connectivity index (χ1) is 15.8. The number of aryl methyl sites for hydroxylation is 1. The molecule has 0 bridgehead atoms. The van der Waals surface area contributed by atoms with Crippen LogP contribution in [0.3, 0.4) is 0 Å². The quantitative estimate of drug-likeness (QED) is 0.298. The van der Waals surface area contributed by atoms with E-state index in [4.69, 9.17) is 9.15 Å². The number of para-hydroxylation sites is 4. The van der Waals surface area contributed by atoms with Crippen LogP contribution in [-0.2, 0) is 21.1 Å². The Morgan fingerprint density at radius 2 is 1.82 bits per heavy atom. The Morgan fingerprint density at radius 1 is 1.12 bits per heavy atom. The minimum absolute atomic E-state index is 0.0914. The van der Waals surface area contributed by atoms with E-state index in [9.17, 15) is 13.0 Å². The van der Waals surface area contributed by atoms with Gasteiger partial charge in [0.25, 0.3) is 5.52 Å². The van der Waals surface area contributed by atoms with E-state index in [0.29, 0.717) is 0 Å². The van der Waals surface area contributed by atoms with Crippen LogP contribution in [0, 0.1) is 0 Å². The number of fused-ring (bicyclic) bond motifs is 2. The van der Waals surface area contributed by atoms with Crippen molar-refractivity contribution in [2.24, 2.45) is 0 Å². The summed E-state index contributed by atoms with van der Waals surface area (Å²) in [6.45, 7) is 9.37. The molecular formula is C24H28N2O6S. The lowest BCUT2D eigenvalue weighted by Crippen LogP contribution is -2.33. The van der Waals surface area contributed by atoms with E-state index in [0.717, 1.165) is 53.0 Å². The smallest absolute Gasteiger partial charge is 0.374 e. The second-order valence-corrected chi connectivity index (χ2v) is 8.20. The topological polar surface area (TPSA) is 95.9 Å². The van der Waals surface area contributed by atoms with Gasteiger partial charge in [-0.15, -0.1) is 0 Å². The van der Waals surface area contributed by atoms with Gasteiger partial charge < -0.3 is 18.6 Å². The number of allylic oxidation sites excluding steroid dienone is 2. The standard InChI is InChI=1S/C22H23N2O2.C2H6O4S/c1-4-23-17-10-6-8-12-19(17)25-21(23)14-16(3)15-22-24(5-2)18-11-7-9-13-20(18)26-22;1-2-6-7(3,4)5/h6-15H,4-5H2,1-3H3;2H2,1H3,(H,3,4,5)/q+1;/p-1. The van der Waals surface area contributed by atoms with Crippen LogP contribution in [0.15, 0.2) is 70.5 Å². The molecule has 0 saturated heterocycles. The minimum Gasteiger partial charge on any atom is -0.726 e. The van der Waals surface area contributed by atoms with Gasteiger partial charge >= 0.3 is 5.89 Å². The van der Waals surface area contributed by atoms with Gasteiger partial charge in [0.05, 0.1) is 18.4 Å². The molecule has 1 aliphatic rings. The maximum atomic E-state index is 9.45. The zero-order valence-electron chi connectivity index (χ0n) is 19.1. The number of hydrogen-bond acceptors (Lipinski definition) is 7. The highest BCUT2D eigenvalue weighted by atomic mass is 32.3. The first-order valence-electron chi connectivity index (χ1n) is 10.7. The highest BCUT2D eigenvalue weighted by Gasteiger charge is 2.25. The van der Waals surface area contributed by atoms with Gasteiger partial charge in [-0.25, -0.2) is 8.42 Å². The van der Waals surface area contributed by atoms with Crippen LogP contribution < -0.4 is 14.2 Å². The first kappa shape index (κ1) is 24.5. The van der Waals surface area contributed by atoms with Gasteiger partial charge in [-0.05, 0) is 51.5 Å². The highest BCUT2D eigenvalue weighted by Crippen LogP contribution is 2.38. The second-order valence-electron chi connectivity index (χ2n) is 7.15. The fourth-order valence-electron chi connectivity index (χ4n) is 3.55. The van der Waals surface area contributed by atoms with E-state index in [2.05, 4.69) is 58.7 Å². The molecule has 176 valence electrons. The van der Waals surface area contributed by atoms with Crippen molar-refractivity contribution in [2.45, 2.75) is 34.2 Å². The van der Waals surface area contributed by atoms with Crippen LogP contribution in [0.1, 0.15) is 33.6 Å². The largest absolute Gasteiger partial charge is 0.726 e. The molecular weight excluding hydrogens is 444 g/mol. The maximum Gasteiger partial charge on any atom is 0.374 e. The van der Waals surface area contributed by atoms with Gasteiger partial charge in [-0.2, -0.15) is 4.57 Å². The van der Waals surface area contributed by atoms with Crippen molar-refractivity contribution in [3.05, 3.63) is 72.0 Å². The zero-order valence-corrected chi connectivity index (χ0v) is 20.0. The Morgan fingerprint density at radius 3 is 2.45 bits per heavy atom. The lowest BCUT2D eigenvalue weighted by Gasteiger charge is -2.15. The summed E-state index contributed by atoms with van der Waals surface area (Å²) >= 11 is 0. The number of rotatable bonds is 6. The highest BCUT2D eigenvalue weighted by molar-refractivity contribution is 7.80. The van der Waals surface area contributed by atoms with Crippen LogP contribution in [0.5, 0.6) is 5.75 Å². The zero-order chi connectivity index (χ0) is 24.0. The van der Waals surface area contributed by atoms with E-state index >= 15 is 0 Å². The van der Waals surface area contributed by atoms with Gasteiger partial charge in [-0.3, -0.25) is 4.18 Å². The Bertz CT molecular complexity index is 1280. The third-order valence-electron chi connectivity index (χ3n) is 4.87. The average Bonchev–Trinajstić information content (AvgIpc) is 3.29. The number of ether oxygens (including phenoxy) is 1. The molecule has 0 atom stereocenters. The number of anilines is 1. The summed E-state index contributed by atoms with van der Waals surface area (Å²) in [5.41, 5.74) is 4.20. The lowest BCUT2D eigenvalue weighted by molar-refractivity contribution is -0.674. The molecule has 33 heavy (non-hydrogen) atoms. The first-order valence-corrected chi connectivity index (χ1v) is 12.1. The molecule has 2 aromatic carbocycles. The van der Waals surface area contributed by atoms with Gasteiger partial charge in [-0.1, -0.05) is 24.3 Å². The molecule has 9 heteroatoms. The number of benzene rings is 2. The van der Waals surface area contributed by atoms with Gasteiger partial charge in [0, 0.05) is 18.7 Å². The molecule has 1 aliphatic heterocycles. The Labute approximate surface area is 194 Å². The van der Waals surface area contributed by atoms with Crippen LogP contribution in [0.4, 0.5) is 5.69 Å². The van der Waals surface area contributed by atoms with Crippen molar-refractivity contribution in [1.82, 2.24) is 0 Å². The normalized spacial score (nSPS) is 14.8. The summed E-state index contributed by atoms with van der Waals surface area (Å²) in [4.78, 5) is 2.18. The summed E-state index contributed by atoms with van der Waals surface area (Å²) in [7, 11) is -4.42.